The van der Waals surface area contributed by atoms with E-state index in [1.807, 2.05) is 0 Å². The molecule has 1 saturated heterocycles. The number of piperidine rings is 1. The van der Waals surface area contributed by atoms with Crippen LogP contribution in [0.4, 0.5) is 5.13 Å². The molecule has 0 saturated carbocycles. The molecule has 1 N–H and O–H groups in total. The largest absolute Gasteiger partial charge is 0.356 e. The van der Waals surface area contributed by atoms with Crippen molar-refractivity contribution in [2.24, 2.45) is 0 Å². The number of rotatable bonds is 2. The van der Waals surface area contributed by atoms with Crippen LogP contribution in [0.15, 0.2) is 6.33 Å². The van der Waals surface area contributed by atoms with Gasteiger partial charge in [0, 0.05) is 23.6 Å². The van der Waals surface area contributed by atoms with Crippen molar-refractivity contribution in [1.82, 2.24) is 14.3 Å². The van der Waals surface area contributed by atoms with Crippen LogP contribution in [0.2, 0.25) is 0 Å². The van der Waals surface area contributed by atoms with Crippen LogP contribution in [0.3, 0.4) is 0 Å². The topological polar surface area (TPSA) is 41.1 Å². The van der Waals surface area contributed by atoms with Crippen LogP contribution in [0.5, 0.6) is 0 Å². The number of hydrogen-bond acceptors (Lipinski definition) is 5. The summed E-state index contributed by atoms with van der Waals surface area (Å²) < 4.78 is 3.99. The predicted molar refractivity (Wildman–Crippen MR) is 58.6 cm³/mol. The second-order valence-electron chi connectivity index (χ2n) is 3.86. The minimum Gasteiger partial charge on any atom is -0.356 e. The molecule has 0 amide bonds. The lowest BCUT2D eigenvalue weighted by molar-refractivity contribution is 0.185. The van der Waals surface area contributed by atoms with Crippen molar-refractivity contribution in [2.75, 3.05) is 18.9 Å². The Hall–Kier alpha value is -0.680. The molecular formula is C9H16N4S. The molecule has 1 aromatic rings. The Kier molecular flexibility index (Phi) is 2.98. The summed E-state index contributed by atoms with van der Waals surface area (Å²) in [5.74, 6) is 0. The quantitative estimate of drug-likeness (QED) is 0.805. The number of likely N-dealkylation sites (tertiary alicyclic amines) is 1. The molecule has 1 aliphatic heterocycles. The molecule has 2 rings (SSSR count). The third kappa shape index (κ3) is 2.04. The van der Waals surface area contributed by atoms with Gasteiger partial charge in [-0.25, -0.2) is 4.98 Å². The predicted octanol–water partition coefficient (Wildman–Crippen LogP) is 1.43. The number of nitrogens with one attached hydrogen (secondary N) is 1. The van der Waals surface area contributed by atoms with Crippen molar-refractivity contribution in [3.63, 3.8) is 0 Å². The van der Waals surface area contributed by atoms with Gasteiger partial charge in [0.1, 0.15) is 6.33 Å². The van der Waals surface area contributed by atoms with Gasteiger partial charge < -0.3 is 10.2 Å². The van der Waals surface area contributed by atoms with Gasteiger partial charge in [0.05, 0.1) is 0 Å². The number of anilines is 1. The molecule has 0 aliphatic carbocycles. The Morgan fingerprint density at radius 3 is 3.21 bits per heavy atom. The lowest BCUT2D eigenvalue weighted by Gasteiger charge is -2.37. The fraction of sp³-hybridized carbons (Fsp3) is 0.778. The van der Waals surface area contributed by atoms with Gasteiger partial charge in [-0.15, -0.1) is 0 Å². The Morgan fingerprint density at radius 1 is 1.64 bits per heavy atom. The average Bonchev–Trinajstić information content (AvgIpc) is 2.66. The zero-order valence-electron chi connectivity index (χ0n) is 8.60. The van der Waals surface area contributed by atoms with E-state index in [1.165, 1.54) is 30.9 Å². The highest BCUT2D eigenvalue weighted by Crippen LogP contribution is 2.20. The molecule has 0 aromatic carbocycles. The summed E-state index contributed by atoms with van der Waals surface area (Å²) in [6, 6.07) is 1.09. The van der Waals surface area contributed by atoms with Gasteiger partial charge in [-0.2, -0.15) is 4.37 Å². The molecule has 1 fully saturated rings. The first-order valence-electron chi connectivity index (χ1n) is 5.01. The number of hydrogen-bond donors (Lipinski definition) is 1. The van der Waals surface area contributed by atoms with Gasteiger partial charge in [-0.3, -0.25) is 0 Å². The van der Waals surface area contributed by atoms with Crippen LogP contribution in [0, 0.1) is 0 Å². The van der Waals surface area contributed by atoms with Gasteiger partial charge in [0.25, 0.3) is 0 Å². The van der Waals surface area contributed by atoms with Crippen molar-refractivity contribution in [3.8, 4) is 0 Å². The molecule has 1 aromatic heterocycles. The number of nitrogens with zero attached hydrogens (tertiary/aromatic N) is 3. The third-order valence-electron chi connectivity index (χ3n) is 2.97. The van der Waals surface area contributed by atoms with Crippen molar-refractivity contribution < 1.29 is 0 Å². The lowest BCUT2D eigenvalue weighted by Crippen LogP contribution is -2.47. The molecule has 0 radical (unpaired) electrons. The first kappa shape index (κ1) is 9.86. The number of aromatic nitrogens is 2. The van der Waals surface area contributed by atoms with Gasteiger partial charge in [0.15, 0.2) is 0 Å². The molecule has 78 valence electrons. The minimum absolute atomic E-state index is 0.515. The van der Waals surface area contributed by atoms with E-state index in [1.54, 1.807) is 6.33 Å². The molecule has 2 unspecified atom stereocenters. The minimum atomic E-state index is 0.515. The summed E-state index contributed by atoms with van der Waals surface area (Å²) >= 11 is 1.43. The van der Waals surface area contributed by atoms with Crippen molar-refractivity contribution in [2.45, 2.75) is 31.8 Å². The van der Waals surface area contributed by atoms with E-state index in [2.05, 4.69) is 33.5 Å². The maximum atomic E-state index is 4.15. The van der Waals surface area contributed by atoms with E-state index in [4.69, 9.17) is 0 Å². The normalized spacial score (nSPS) is 29.0. The number of likely N-dealkylation sites (N-methyl/N-ethyl adjacent to an activating group) is 1. The Bertz CT molecular complexity index is 274. The second kappa shape index (κ2) is 4.23. The highest BCUT2D eigenvalue weighted by molar-refractivity contribution is 7.09. The van der Waals surface area contributed by atoms with Gasteiger partial charge in [-0.05, 0) is 33.4 Å². The van der Waals surface area contributed by atoms with Gasteiger partial charge in [0.2, 0.25) is 5.13 Å². The summed E-state index contributed by atoms with van der Waals surface area (Å²) in [6.07, 6.45) is 4.09. The lowest BCUT2D eigenvalue weighted by atomic mass is 9.98. The van der Waals surface area contributed by atoms with Crippen LogP contribution in [-0.2, 0) is 0 Å². The van der Waals surface area contributed by atoms with Gasteiger partial charge >= 0.3 is 0 Å². The molecule has 0 spiro atoms. The average molecular weight is 212 g/mol. The van der Waals surface area contributed by atoms with E-state index in [0.717, 1.165) is 5.13 Å². The molecule has 0 bridgehead atoms. The maximum Gasteiger partial charge on any atom is 0.202 e. The van der Waals surface area contributed by atoms with Crippen LogP contribution < -0.4 is 5.32 Å². The summed E-state index contributed by atoms with van der Waals surface area (Å²) in [5, 5.41) is 4.39. The SMILES string of the molecule is CC1C(Nc2ncns2)CCCN1C. The summed E-state index contributed by atoms with van der Waals surface area (Å²) in [7, 11) is 2.18. The molecule has 4 nitrogen and oxygen atoms in total. The first-order valence-corrected chi connectivity index (χ1v) is 5.78. The van der Waals surface area contributed by atoms with Crippen molar-refractivity contribution in [1.29, 1.82) is 0 Å². The highest BCUT2D eigenvalue weighted by atomic mass is 32.1. The zero-order chi connectivity index (χ0) is 9.97. The molecule has 2 atom stereocenters. The Morgan fingerprint density at radius 2 is 2.50 bits per heavy atom. The van der Waals surface area contributed by atoms with Crippen LogP contribution in [0.1, 0.15) is 19.8 Å². The maximum absolute atomic E-state index is 4.15. The molecule has 14 heavy (non-hydrogen) atoms. The third-order valence-corrected chi connectivity index (χ3v) is 3.57. The highest BCUT2D eigenvalue weighted by Gasteiger charge is 2.25. The summed E-state index contributed by atoms with van der Waals surface area (Å²) in [5.41, 5.74) is 0. The fourth-order valence-electron chi connectivity index (χ4n) is 1.90. The Balaban J connectivity index is 1.97. The van der Waals surface area contributed by atoms with Crippen molar-refractivity contribution >= 4 is 16.7 Å². The van der Waals surface area contributed by atoms with Crippen LogP contribution in [0.25, 0.3) is 0 Å². The first-order chi connectivity index (χ1) is 6.77. The Labute approximate surface area is 88.5 Å². The molecular weight excluding hydrogens is 196 g/mol. The van der Waals surface area contributed by atoms with E-state index >= 15 is 0 Å². The van der Waals surface area contributed by atoms with E-state index in [0.29, 0.717) is 12.1 Å². The van der Waals surface area contributed by atoms with Crippen LogP contribution >= 0.6 is 11.5 Å². The second-order valence-corrected chi connectivity index (χ2v) is 4.64. The van der Waals surface area contributed by atoms with E-state index < -0.39 is 0 Å². The molecule has 1 aliphatic rings. The van der Waals surface area contributed by atoms with E-state index in [-0.39, 0.29) is 0 Å². The fourth-order valence-corrected chi connectivity index (χ4v) is 2.39. The van der Waals surface area contributed by atoms with Crippen LogP contribution in [-0.4, -0.2) is 39.9 Å². The monoisotopic (exact) mass is 212 g/mol. The summed E-state index contributed by atoms with van der Waals surface area (Å²) in [4.78, 5) is 6.54. The standard InChI is InChI=1S/C9H16N4S/c1-7-8(4-3-5-13(7)2)12-9-10-6-11-14-9/h6-8H,3-5H2,1-2H3,(H,10,11,12). The van der Waals surface area contributed by atoms with Gasteiger partial charge in [-0.1, -0.05) is 0 Å². The molecule has 5 heteroatoms. The van der Waals surface area contributed by atoms with E-state index in [9.17, 15) is 0 Å². The smallest absolute Gasteiger partial charge is 0.202 e. The molecule has 2 heterocycles. The van der Waals surface area contributed by atoms with Crippen molar-refractivity contribution in [3.05, 3.63) is 6.33 Å². The summed E-state index contributed by atoms with van der Waals surface area (Å²) in [6.45, 7) is 3.47. The zero-order valence-corrected chi connectivity index (χ0v) is 9.42.